The second-order valence-electron chi connectivity index (χ2n) is 3.73. The molecule has 0 N–H and O–H groups in total. The van der Waals surface area contributed by atoms with Gasteiger partial charge in [-0.15, -0.1) is 0 Å². The van der Waals surface area contributed by atoms with Crippen LogP contribution in [0.5, 0.6) is 0 Å². The number of esters is 1. The van der Waals surface area contributed by atoms with Gasteiger partial charge in [-0.25, -0.2) is 14.8 Å². The highest BCUT2D eigenvalue weighted by atomic mass is 79.9. The molecule has 1 aromatic rings. The molecule has 0 amide bonds. The molecule has 0 spiro atoms. The van der Waals surface area contributed by atoms with Crippen LogP contribution < -0.4 is 0 Å². The minimum absolute atomic E-state index is 0.0723. The van der Waals surface area contributed by atoms with Gasteiger partial charge in [-0.1, -0.05) is 0 Å². The molecule has 0 aliphatic rings. The van der Waals surface area contributed by atoms with E-state index in [0.29, 0.717) is 0 Å². The van der Waals surface area contributed by atoms with Gasteiger partial charge in [0.25, 0.3) is 0 Å². The van der Waals surface area contributed by atoms with E-state index in [0.717, 1.165) is 4.47 Å². The zero-order valence-electron chi connectivity index (χ0n) is 8.24. The molecule has 1 aromatic heterocycles. The van der Waals surface area contributed by atoms with Crippen LogP contribution in [0, 0.1) is 0 Å². The average Bonchev–Trinajstić information content (AvgIpc) is 2.02. The average molecular weight is 259 g/mol. The molecular weight excluding hydrogens is 248 g/mol. The van der Waals surface area contributed by atoms with E-state index in [2.05, 4.69) is 25.9 Å². The molecule has 0 radical (unpaired) electrons. The Kier molecular flexibility index (Phi) is 3.21. The molecule has 1 rings (SSSR count). The maximum Gasteiger partial charge on any atom is 0.376 e. The highest BCUT2D eigenvalue weighted by Gasteiger charge is 2.19. The fourth-order valence-corrected chi connectivity index (χ4v) is 0.946. The number of carbonyl (C=O) groups is 1. The third-order valence-electron chi connectivity index (χ3n) is 1.20. The first-order chi connectivity index (χ1) is 6.38. The van der Waals surface area contributed by atoms with Crippen molar-refractivity contribution in [1.29, 1.82) is 0 Å². The second kappa shape index (κ2) is 4.04. The molecule has 14 heavy (non-hydrogen) atoms. The van der Waals surface area contributed by atoms with Gasteiger partial charge in [0.05, 0.1) is 4.47 Å². The fourth-order valence-electron chi connectivity index (χ4n) is 0.741. The third kappa shape index (κ3) is 3.41. The molecule has 0 aliphatic carbocycles. The van der Waals surface area contributed by atoms with Crippen LogP contribution in [-0.4, -0.2) is 21.5 Å². The van der Waals surface area contributed by atoms with Crippen molar-refractivity contribution < 1.29 is 9.53 Å². The van der Waals surface area contributed by atoms with Gasteiger partial charge in [-0.05, 0) is 36.7 Å². The monoisotopic (exact) mass is 258 g/mol. The number of carbonyl (C=O) groups excluding carboxylic acids is 1. The summed E-state index contributed by atoms with van der Waals surface area (Å²) in [6.07, 6.45) is 3.01. The number of ether oxygens (including phenoxy) is 1. The normalized spacial score (nSPS) is 11.1. The van der Waals surface area contributed by atoms with Gasteiger partial charge in [0.1, 0.15) is 5.60 Å². The van der Waals surface area contributed by atoms with E-state index in [4.69, 9.17) is 4.74 Å². The van der Waals surface area contributed by atoms with Crippen molar-refractivity contribution in [2.75, 3.05) is 0 Å². The van der Waals surface area contributed by atoms with Crippen LogP contribution in [0.2, 0.25) is 0 Å². The smallest absolute Gasteiger partial charge is 0.376 e. The lowest BCUT2D eigenvalue weighted by molar-refractivity contribution is 0.00555. The Morgan fingerprint density at radius 2 is 1.86 bits per heavy atom. The largest absolute Gasteiger partial charge is 0.454 e. The Hall–Kier alpha value is -0.970. The first kappa shape index (κ1) is 11.1. The molecule has 0 fully saturated rings. The molecule has 0 unspecified atom stereocenters. The first-order valence-electron chi connectivity index (χ1n) is 4.09. The van der Waals surface area contributed by atoms with Crippen molar-refractivity contribution in [2.45, 2.75) is 26.4 Å². The zero-order chi connectivity index (χ0) is 10.8. The molecule has 0 atom stereocenters. The number of rotatable bonds is 1. The number of nitrogens with zero attached hydrogens (tertiary/aromatic N) is 2. The summed E-state index contributed by atoms with van der Waals surface area (Å²) in [7, 11) is 0. The Bertz CT molecular complexity index is 330. The van der Waals surface area contributed by atoms with Crippen molar-refractivity contribution in [3.05, 3.63) is 22.7 Å². The van der Waals surface area contributed by atoms with Gasteiger partial charge in [-0.3, -0.25) is 0 Å². The van der Waals surface area contributed by atoms with Gasteiger partial charge in [0, 0.05) is 12.4 Å². The maximum absolute atomic E-state index is 11.4. The molecule has 4 nitrogen and oxygen atoms in total. The number of halogens is 1. The highest BCUT2D eigenvalue weighted by Crippen LogP contribution is 2.10. The summed E-state index contributed by atoms with van der Waals surface area (Å²) in [5.74, 6) is -0.437. The first-order valence-corrected chi connectivity index (χ1v) is 4.89. The summed E-state index contributed by atoms with van der Waals surface area (Å²) < 4.78 is 5.81. The van der Waals surface area contributed by atoms with Crippen molar-refractivity contribution in [1.82, 2.24) is 9.97 Å². The van der Waals surface area contributed by atoms with E-state index in [1.165, 1.54) is 12.4 Å². The molecule has 0 aliphatic heterocycles. The van der Waals surface area contributed by atoms with Gasteiger partial charge in [-0.2, -0.15) is 0 Å². The minimum atomic E-state index is -0.520. The topological polar surface area (TPSA) is 52.1 Å². The predicted molar refractivity (Wildman–Crippen MR) is 54.9 cm³/mol. The van der Waals surface area contributed by atoms with Gasteiger partial charge in [0.15, 0.2) is 0 Å². The van der Waals surface area contributed by atoms with Crippen LogP contribution in [0.1, 0.15) is 31.4 Å². The summed E-state index contributed by atoms with van der Waals surface area (Å²) in [6.45, 7) is 5.39. The van der Waals surface area contributed by atoms with Crippen LogP contribution in [0.15, 0.2) is 16.9 Å². The second-order valence-corrected chi connectivity index (χ2v) is 4.64. The Morgan fingerprint density at radius 1 is 1.36 bits per heavy atom. The summed E-state index contributed by atoms with van der Waals surface area (Å²) >= 11 is 3.18. The number of aromatic nitrogens is 2. The van der Waals surface area contributed by atoms with Crippen LogP contribution in [0.25, 0.3) is 0 Å². The summed E-state index contributed by atoms with van der Waals surface area (Å²) in [5.41, 5.74) is -0.520. The number of hydrogen-bond donors (Lipinski definition) is 0. The molecule has 0 aromatic carbocycles. The lowest BCUT2D eigenvalue weighted by atomic mass is 10.2. The standard InChI is InChI=1S/C9H11BrN2O2/c1-9(2,3)14-8(13)7-11-4-6(10)5-12-7/h4-5H,1-3H3. The zero-order valence-corrected chi connectivity index (χ0v) is 9.83. The fraction of sp³-hybridized carbons (Fsp3) is 0.444. The van der Waals surface area contributed by atoms with E-state index < -0.39 is 11.6 Å². The molecule has 0 saturated carbocycles. The summed E-state index contributed by atoms with van der Waals surface area (Å²) in [6, 6.07) is 0. The van der Waals surface area contributed by atoms with Gasteiger partial charge >= 0.3 is 5.97 Å². The van der Waals surface area contributed by atoms with Crippen LogP contribution >= 0.6 is 15.9 Å². The molecule has 5 heteroatoms. The quantitative estimate of drug-likeness (QED) is 0.725. The summed E-state index contributed by atoms with van der Waals surface area (Å²) in [4.78, 5) is 19.1. The van der Waals surface area contributed by atoms with E-state index >= 15 is 0 Å². The molecule has 1 heterocycles. The predicted octanol–water partition coefficient (Wildman–Crippen LogP) is 2.19. The Labute approximate surface area is 90.8 Å². The van der Waals surface area contributed by atoms with Crippen molar-refractivity contribution in [2.24, 2.45) is 0 Å². The van der Waals surface area contributed by atoms with Crippen molar-refractivity contribution in [3.8, 4) is 0 Å². The van der Waals surface area contributed by atoms with Crippen molar-refractivity contribution >= 4 is 21.9 Å². The summed E-state index contributed by atoms with van der Waals surface area (Å²) in [5, 5.41) is 0. The van der Waals surface area contributed by atoms with Gasteiger partial charge < -0.3 is 4.74 Å². The molecule has 0 saturated heterocycles. The van der Waals surface area contributed by atoms with Crippen LogP contribution in [0.3, 0.4) is 0 Å². The van der Waals surface area contributed by atoms with E-state index in [-0.39, 0.29) is 5.82 Å². The third-order valence-corrected chi connectivity index (χ3v) is 1.61. The van der Waals surface area contributed by atoms with Gasteiger partial charge in [0.2, 0.25) is 5.82 Å². The van der Waals surface area contributed by atoms with Crippen molar-refractivity contribution in [3.63, 3.8) is 0 Å². The Morgan fingerprint density at radius 3 is 2.29 bits per heavy atom. The van der Waals surface area contributed by atoms with Crippen LogP contribution in [0.4, 0.5) is 0 Å². The van der Waals surface area contributed by atoms with E-state index in [1.54, 1.807) is 20.8 Å². The SMILES string of the molecule is CC(C)(C)OC(=O)c1ncc(Br)cn1. The molecule has 76 valence electrons. The number of hydrogen-bond acceptors (Lipinski definition) is 4. The molecular formula is C9H11BrN2O2. The maximum atomic E-state index is 11.4. The molecule has 0 bridgehead atoms. The van der Waals surface area contributed by atoms with E-state index in [9.17, 15) is 4.79 Å². The van der Waals surface area contributed by atoms with Crippen LogP contribution in [-0.2, 0) is 4.74 Å². The minimum Gasteiger partial charge on any atom is -0.454 e. The van der Waals surface area contributed by atoms with E-state index in [1.807, 2.05) is 0 Å². The lowest BCUT2D eigenvalue weighted by Crippen LogP contribution is -2.25. The highest BCUT2D eigenvalue weighted by molar-refractivity contribution is 9.10. The Balaban J connectivity index is 2.76. The lowest BCUT2D eigenvalue weighted by Gasteiger charge is -2.18.